The highest BCUT2D eigenvalue weighted by molar-refractivity contribution is 14.1. The molecule has 0 aliphatic carbocycles. The lowest BCUT2D eigenvalue weighted by molar-refractivity contribution is -0.138. The summed E-state index contributed by atoms with van der Waals surface area (Å²) in [6.45, 7) is 5.35. The largest absolute Gasteiger partial charge is 0.493 e. The van der Waals surface area contributed by atoms with Crippen LogP contribution >= 0.6 is 33.9 Å². The second kappa shape index (κ2) is 12.0. The van der Waals surface area contributed by atoms with E-state index in [1.165, 1.54) is 29.8 Å². The molecule has 198 valence electrons. The van der Waals surface area contributed by atoms with Gasteiger partial charge in [0.2, 0.25) is 0 Å². The zero-order valence-corrected chi connectivity index (χ0v) is 23.4. The van der Waals surface area contributed by atoms with Crippen molar-refractivity contribution in [3.8, 4) is 17.0 Å². The van der Waals surface area contributed by atoms with Crippen LogP contribution in [-0.4, -0.2) is 45.0 Å². The highest BCUT2D eigenvalue weighted by atomic mass is 127. The van der Waals surface area contributed by atoms with Crippen molar-refractivity contribution >= 4 is 45.0 Å². The monoisotopic (exact) mass is 645 g/mol. The van der Waals surface area contributed by atoms with Gasteiger partial charge in [0.1, 0.15) is 11.4 Å². The van der Waals surface area contributed by atoms with Crippen molar-refractivity contribution in [1.82, 2.24) is 19.9 Å². The number of carbonyl (C=O) groups is 1. The van der Waals surface area contributed by atoms with Gasteiger partial charge in [-0.25, -0.2) is 9.97 Å². The second-order valence-electron chi connectivity index (χ2n) is 8.59. The number of carbonyl (C=O) groups excluding carboxylic acids is 1. The number of nitrogens with zero attached hydrogens (tertiary/aromatic N) is 4. The second-order valence-corrected chi connectivity index (χ2v) is 10.4. The molecule has 0 bridgehead atoms. The van der Waals surface area contributed by atoms with Crippen LogP contribution in [0.1, 0.15) is 59.7 Å². The average Bonchev–Trinajstić information content (AvgIpc) is 3.50. The zero-order chi connectivity index (χ0) is 26.6. The summed E-state index contributed by atoms with van der Waals surface area (Å²) < 4.78 is 47.4. The number of likely N-dealkylation sites (tertiary alicyclic amines) is 1. The third-order valence-corrected chi connectivity index (χ3v) is 7.91. The number of thiazole rings is 1. The fourth-order valence-corrected chi connectivity index (χ4v) is 5.77. The lowest BCUT2D eigenvalue weighted by Gasteiger charge is -2.23. The molecule has 1 saturated heterocycles. The van der Waals surface area contributed by atoms with Gasteiger partial charge in [0.05, 0.1) is 36.0 Å². The van der Waals surface area contributed by atoms with Crippen LogP contribution < -0.4 is 10.1 Å². The molecule has 0 saturated carbocycles. The smallest absolute Gasteiger partial charge is 0.419 e. The number of aromatic nitrogens is 3. The molecular weight excluding hydrogens is 618 g/mol. The number of amides is 1. The Kier molecular flexibility index (Phi) is 9.01. The Morgan fingerprint density at radius 3 is 2.73 bits per heavy atom. The van der Waals surface area contributed by atoms with Gasteiger partial charge in [-0.1, -0.05) is 40.9 Å². The molecule has 0 spiro atoms. The van der Waals surface area contributed by atoms with Crippen molar-refractivity contribution in [2.75, 3.05) is 18.5 Å². The van der Waals surface area contributed by atoms with Crippen LogP contribution in [0.2, 0.25) is 0 Å². The van der Waals surface area contributed by atoms with Gasteiger partial charge in [-0.3, -0.25) is 20.0 Å². The Hall–Kier alpha value is -2.32. The number of benzene rings is 1. The molecule has 1 amide bonds. The first-order valence-corrected chi connectivity index (χ1v) is 14.3. The van der Waals surface area contributed by atoms with E-state index in [1.807, 2.05) is 0 Å². The summed E-state index contributed by atoms with van der Waals surface area (Å²) in [5.74, 6) is -0.696. The van der Waals surface area contributed by atoms with Crippen molar-refractivity contribution in [2.45, 2.75) is 56.3 Å². The van der Waals surface area contributed by atoms with Gasteiger partial charge in [-0.15, -0.1) is 0 Å². The fraction of sp³-hybridized carbons (Fsp3) is 0.440. The summed E-state index contributed by atoms with van der Waals surface area (Å²) in [6.07, 6.45) is 1.50. The molecule has 7 nitrogen and oxygen atoms in total. The van der Waals surface area contributed by atoms with E-state index in [1.54, 1.807) is 13.0 Å². The lowest BCUT2D eigenvalue weighted by Crippen LogP contribution is -2.28. The van der Waals surface area contributed by atoms with Crippen molar-refractivity contribution in [3.63, 3.8) is 0 Å². The third kappa shape index (κ3) is 6.58. The number of nitrogens with one attached hydrogen (secondary N) is 1. The van der Waals surface area contributed by atoms with Crippen LogP contribution in [0.5, 0.6) is 5.75 Å². The number of halogens is 4. The van der Waals surface area contributed by atoms with Gasteiger partial charge in [0, 0.05) is 27.5 Å². The molecule has 1 atom stereocenters. The highest BCUT2D eigenvalue weighted by Gasteiger charge is 2.35. The van der Waals surface area contributed by atoms with Crippen molar-refractivity contribution in [2.24, 2.45) is 0 Å². The average molecular weight is 645 g/mol. The number of alkyl halides is 4. The fourth-order valence-electron chi connectivity index (χ4n) is 4.37. The normalized spacial score (nSPS) is 16.2. The van der Waals surface area contributed by atoms with E-state index in [2.05, 4.69) is 54.7 Å². The molecule has 0 radical (unpaired) electrons. The number of hydrogen-bond donors (Lipinski definition) is 1. The van der Waals surface area contributed by atoms with Gasteiger partial charge in [0.25, 0.3) is 5.91 Å². The van der Waals surface area contributed by atoms with Gasteiger partial charge < -0.3 is 4.74 Å². The van der Waals surface area contributed by atoms with Crippen LogP contribution in [-0.2, 0) is 17.1 Å². The minimum Gasteiger partial charge on any atom is -0.493 e. The molecule has 12 heteroatoms. The third-order valence-electron chi connectivity index (χ3n) is 6.17. The summed E-state index contributed by atoms with van der Waals surface area (Å²) in [5, 5.41) is 3.05. The van der Waals surface area contributed by atoms with Gasteiger partial charge in [-0.2, -0.15) is 13.2 Å². The quantitative estimate of drug-likeness (QED) is 0.209. The van der Waals surface area contributed by atoms with E-state index in [-0.39, 0.29) is 18.1 Å². The summed E-state index contributed by atoms with van der Waals surface area (Å²) in [7, 11) is 0. The molecule has 1 aliphatic heterocycles. The number of hydrogen-bond acceptors (Lipinski definition) is 7. The van der Waals surface area contributed by atoms with Crippen LogP contribution in [0, 0.1) is 0 Å². The number of rotatable bonds is 9. The molecule has 3 aromatic rings. The molecule has 1 aliphatic rings. The predicted molar refractivity (Wildman–Crippen MR) is 145 cm³/mol. The van der Waals surface area contributed by atoms with Gasteiger partial charge in [0.15, 0.2) is 5.13 Å². The van der Waals surface area contributed by atoms with E-state index in [0.717, 1.165) is 42.4 Å². The Balaban J connectivity index is 1.70. The Morgan fingerprint density at radius 1 is 1.27 bits per heavy atom. The van der Waals surface area contributed by atoms with Crippen LogP contribution in [0.3, 0.4) is 0 Å². The highest BCUT2D eigenvalue weighted by Crippen LogP contribution is 2.41. The Morgan fingerprint density at radius 2 is 2.08 bits per heavy atom. The lowest BCUT2D eigenvalue weighted by atomic mass is 10.1. The first-order valence-electron chi connectivity index (χ1n) is 12.0. The van der Waals surface area contributed by atoms with E-state index >= 15 is 0 Å². The predicted octanol–water partition coefficient (Wildman–Crippen LogP) is 6.58. The SMILES string of the molecule is CCOc1ccc(-c2nc(NC(=O)c3cnc(CI)cn3)sc2CN2CCC[C@H]2CC)cc1C(F)(F)F. The maximum atomic E-state index is 13.8. The topological polar surface area (TPSA) is 80.2 Å². The molecule has 1 N–H and O–H groups in total. The molecule has 2 aromatic heterocycles. The molecule has 1 aromatic carbocycles. The molecule has 1 fully saturated rings. The van der Waals surface area contributed by atoms with Crippen molar-refractivity contribution < 1.29 is 22.7 Å². The molecular formula is C25H27F3IN5O2S. The Labute approximate surface area is 231 Å². The molecule has 37 heavy (non-hydrogen) atoms. The van der Waals surface area contributed by atoms with E-state index < -0.39 is 17.6 Å². The minimum atomic E-state index is -4.58. The van der Waals surface area contributed by atoms with Gasteiger partial charge in [-0.05, 0) is 50.9 Å². The van der Waals surface area contributed by atoms with Gasteiger partial charge >= 0.3 is 6.18 Å². The number of anilines is 1. The Bertz CT molecular complexity index is 1240. The molecule has 0 unspecified atom stereocenters. The van der Waals surface area contributed by atoms with Crippen molar-refractivity contribution in [3.05, 3.63) is 52.4 Å². The van der Waals surface area contributed by atoms with E-state index in [0.29, 0.717) is 33.4 Å². The summed E-state index contributed by atoms with van der Waals surface area (Å²) in [5.41, 5.74) is 0.776. The van der Waals surface area contributed by atoms with E-state index in [9.17, 15) is 18.0 Å². The standard InChI is InChI=1S/C25H27F3IN5O2S/c1-3-17-6-5-9-34(17)14-21-22(15-7-8-20(36-4-2)18(10-15)25(26,27)28)32-24(37-21)33-23(35)19-13-30-16(11-29)12-31-19/h7-8,10,12-13,17H,3-6,9,11,14H2,1-2H3,(H,32,33,35)/t17-/m1/s1. The first kappa shape index (κ1) is 27.7. The minimum absolute atomic E-state index is 0.121. The van der Waals surface area contributed by atoms with Crippen molar-refractivity contribution in [1.29, 1.82) is 0 Å². The maximum absolute atomic E-state index is 13.8. The maximum Gasteiger partial charge on any atom is 0.419 e. The summed E-state index contributed by atoms with van der Waals surface area (Å²) in [4.78, 5) is 28.8. The molecule has 3 heterocycles. The summed E-state index contributed by atoms with van der Waals surface area (Å²) in [6, 6.07) is 4.40. The van der Waals surface area contributed by atoms with E-state index in [4.69, 9.17) is 4.74 Å². The van der Waals surface area contributed by atoms with Crippen LogP contribution in [0.15, 0.2) is 30.6 Å². The zero-order valence-electron chi connectivity index (χ0n) is 20.4. The first-order chi connectivity index (χ1) is 17.7. The summed E-state index contributed by atoms with van der Waals surface area (Å²) >= 11 is 3.42. The molecule has 4 rings (SSSR count). The van der Waals surface area contributed by atoms with Crippen LogP contribution in [0.25, 0.3) is 11.3 Å². The van der Waals surface area contributed by atoms with Crippen LogP contribution in [0.4, 0.5) is 18.3 Å². The number of ether oxygens (including phenoxy) is 1.